The number of carbonyl (C=O) groups is 1. The first-order chi connectivity index (χ1) is 14.6. The largest absolute Gasteiger partial charge is 0.496 e. The van der Waals surface area contributed by atoms with Crippen molar-refractivity contribution in [2.75, 3.05) is 7.11 Å². The normalized spacial score (nSPS) is 11.2. The summed E-state index contributed by atoms with van der Waals surface area (Å²) in [6.07, 6.45) is 3.46. The third-order valence-electron chi connectivity index (χ3n) is 5.04. The summed E-state index contributed by atoms with van der Waals surface area (Å²) in [5.41, 5.74) is 8.07. The van der Waals surface area contributed by atoms with Crippen LogP contribution in [-0.4, -0.2) is 28.8 Å². The van der Waals surface area contributed by atoms with Crippen LogP contribution >= 0.6 is 0 Å². The van der Waals surface area contributed by atoms with E-state index in [4.69, 9.17) is 4.74 Å². The van der Waals surface area contributed by atoms with Gasteiger partial charge in [-0.1, -0.05) is 18.2 Å². The Hall–Kier alpha value is -3.93. The molecular weight excluding hydrogens is 376 g/mol. The molecule has 0 radical (unpaired) electrons. The van der Waals surface area contributed by atoms with Crippen molar-refractivity contribution in [1.82, 2.24) is 15.0 Å². The number of ether oxygens (including phenoxy) is 1. The van der Waals surface area contributed by atoms with Crippen LogP contribution in [0.15, 0.2) is 72.0 Å². The molecule has 6 nitrogen and oxygen atoms in total. The highest BCUT2D eigenvalue weighted by Crippen LogP contribution is 2.23. The van der Waals surface area contributed by atoms with E-state index in [9.17, 15) is 4.79 Å². The maximum atomic E-state index is 12.4. The third kappa shape index (κ3) is 3.67. The van der Waals surface area contributed by atoms with Gasteiger partial charge in [-0.3, -0.25) is 9.78 Å². The molecule has 0 aliphatic heterocycles. The lowest BCUT2D eigenvalue weighted by Crippen LogP contribution is -2.18. The molecule has 2 aromatic heterocycles. The first-order valence-corrected chi connectivity index (χ1v) is 9.59. The molecule has 0 saturated heterocycles. The number of fused-ring (bicyclic) bond motifs is 1. The molecule has 0 bridgehead atoms. The number of methoxy groups -OCH3 is 1. The zero-order valence-electron chi connectivity index (χ0n) is 17.1. The second-order valence-electron chi connectivity index (χ2n) is 6.94. The van der Waals surface area contributed by atoms with Gasteiger partial charge in [0.1, 0.15) is 5.75 Å². The minimum absolute atomic E-state index is 0.320. The predicted molar refractivity (Wildman–Crippen MR) is 119 cm³/mol. The maximum Gasteiger partial charge on any atom is 0.275 e. The highest BCUT2D eigenvalue weighted by molar-refractivity contribution is 5.97. The van der Waals surface area contributed by atoms with Gasteiger partial charge in [0.2, 0.25) is 0 Å². The molecule has 0 aliphatic carbocycles. The average Bonchev–Trinajstić information content (AvgIpc) is 3.06. The molecule has 1 amide bonds. The predicted octanol–water partition coefficient (Wildman–Crippen LogP) is 4.41. The lowest BCUT2D eigenvalue weighted by Gasteiger charge is -2.10. The first kappa shape index (κ1) is 19.4. The number of hydrogen-bond acceptors (Lipinski definition) is 4. The number of amides is 1. The van der Waals surface area contributed by atoms with Gasteiger partial charge in [-0.05, 0) is 56.3 Å². The van der Waals surface area contributed by atoms with Gasteiger partial charge in [0, 0.05) is 34.2 Å². The number of nitrogens with one attached hydrogen (secondary N) is 1. The minimum Gasteiger partial charge on any atom is -0.496 e. The molecule has 0 aliphatic rings. The van der Waals surface area contributed by atoms with Crippen LogP contribution in [0.25, 0.3) is 16.6 Å². The van der Waals surface area contributed by atoms with Crippen LogP contribution < -0.4 is 10.2 Å². The van der Waals surface area contributed by atoms with Gasteiger partial charge >= 0.3 is 0 Å². The number of aromatic nitrogens is 2. The van der Waals surface area contributed by atoms with Gasteiger partial charge in [0.25, 0.3) is 5.91 Å². The van der Waals surface area contributed by atoms with Crippen molar-refractivity contribution in [3.8, 4) is 11.4 Å². The Kier molecular flexibility index (Phi) is 5.30. The van der Waals surface area contributed by atoms with Crippen LogP contribution in [-0.2, 0) is 0 Å². The zero-order chi connectivity index (χ0) is 21.1. The van der Waals surface area contributed by atoms with Crippen molar-refractivity contribution >= 4 is 23.0 Å². The van der Waals surface area contributed by atoms with Crippen molar-refractivity contribution in [3.05, 3.63) is 89.4 Å². The first-order valence-electron chi connectivity index (χ1n) is 9.59. The van der Waals surface area contributed by atoms with E-state index in [0.29, 0.717) is 11.3 Å². The van der Waals surface area contributed by atoms with Crippen LogP contribution in [0.3, 0.4) is 0 Å². The summed E-state index contributed by atoms with van der Waals surface area (Å²) < 4.78 is 7.39. The summed E-state index contributed by atoms with van der Waals surface area (Å²) >= 11 is 0. The molecular formula is C24H22N4O2. The zero-order valence-corrected chi connectivity index (χ0v) is 17.1. The number of hydrogen-bond donors (Lipinski definition) is 1. The van der Waals surface area contributed by atoms with Gasteiger partial charge in [-0.25, -0.2) is 5.43 Å². The highest BCUT2D eigenvalue weighted by Gasteiger charge is 2.12. The number of benzene rings is 2. The minimum atomic E-state index is -0.320. The number of carbonyl (C=O) groups excluding carboxylic acids is 1. The lowest BCUT2D eigenvalue weighted by atomic mass is 10.2. The Bertz CT molecular complexity index is 1260. The summed E-state index contributed by atoms with van der Waals surface area (Å²) in [5.74, 6) is 0.189. The third-order valence-corrected chi connectivity index (χ3v) is 5.04. The number of para-hydroxylation sites is 1. The van der Waals surface area contributed by atoms with Gasteiger partial charge in [-0.2, -0.15) is 5.10 Å². The molecule has 0 unspecified atom stereocenters. The van der Waals surface area contributed by atoms with Crippen molar-refractivity contribution in [2.45, 2.75) is 13.8 Å². The van der Waals surface area contributed by atoms with E-state index in [1.54, 1.807) is 30.6 Å². The highest BCUT2D eigenvalue weighted by atomic mass is 16.5. The van der Waals surface area contributed by atoms with Gasteiger partial charge in [-0.15, -0.1) is 0 Å². The van der Waals surface area contributed by atoms with Crippen molar-refractivity contribution in [1.29, 1.82) is 0 Å². The molecule has 2 aromatic carbocycles. The van der Waals surface area contributed by atoms with E-state index in [1.807, 2.05) is 38.1 Å². The summed E-state index contributed by atoms with van der Waals surface area (Å²) in [4.78, 5) is 16.8. The average molecular weight is 398 g/mol. The molecule has 4 aromatic rings. The Morgan fingerprint density at radius 2 is 1.93 bits per heavy atom. The summed E-state index contributed by atoms with van der Waals surface area (Å²) in [6.45, 7) is 4.08. The lowest BCUT2D eigenvalue weighted by molar-refractivity contribution is 0.0952. The molecule has 0 saturated carbocycles. The van der Waals surface area contributed by atoms with Crippen molar-refractivity contribution in [3.63, 3.8) is 0 Å². The van der Waals surface area contributed by atoms with E-state index >= 15 is 0 Å². The van der Waals surface area contributed by atoms with Crippen LogP contribution in [0.4, 0.5) is 0 Å². The summed E-state index contributed by atoms with van der Waals surface area (Å²) in [6, 6.07) is 19.3. The molecule has 1 N–H and O–H groups in total. The van der Waals surface area contributed by atoms with Gasteiger partial charge in [0.15, 0.2) is 0 Å². The number of pyridine rings is 1. The van der Waals surface area contributed by atoms with Crippen molar-refractivity contribution < 1.29 is 9.53 Å². The van der Waals surface area contributed by atoms with Crippen LogP contribution in [0, 0.1) is 13.8 Å². The second kappa shape index (κ2) is 8.21. The quantitative estimate of drug-likeness (QED) is 0.400. The Labute approximate surface area is 174 Å². The van der Waals surface area contributed by atoms with Gasteiger partial charge < -0.3 is 9.30 Å². The Morgan fingerprint density at radius 3 is 2.77 bits per heavy atom. The van der Waals surface area contributed by atoms with Gasteiger partial charge in [0.05, 0.1) is 24.4 Å². The fourth-order valence-electron chi connectivity index (χ4n) is 3.57. The Balaban J connectivity index is 1.58. The number of hydrazone groups is 1. The molecule has 2 heterocycles. The SMILES string of the molecule is COc1ccccc1C(=O)N/N=C\c1cc(C)n(-c2ccc3ncccc3c2)c1C. The number of nitrogens with zero attached hydrogens (tertiary/aromatic N) is 3. The summed E-state index contributed by atoms with van der Waals surface area (Å²) in [5, 5.41) is 5.23. The number of aryl methyl sites for hydroxylation is 1. The summed E-state index contributed by atoms with van der Waals surface area (Å²) in [7, 11) is 1.53. The second-order valence-corrected chi connectivity index (χ2v) is 6.94. The van der Waals surface area contributed by atoms with E-state index in [2.05, 4.69) is 38.3 Å². The molecule has 0 atom stereocenters. The smallest absolute Gasteiger partial charge is 0.275 e. The fraction of sp³-hybridized carbons (Fsp3) is 0.125. The van der Waals surface area contributed by atoms with Crippen LogP contribution in [0.5, 0.6) is 5.75 Å². The van der Waals surface area contributed by atoms with Crippen LogP contribution in [0.1, 0.15) is 27.3 Å². The maximum absolute atomic E-state index is 12.4. The van der Waals surface area contributed by atoms with Crippen LogP contribution in [0.2, 0.25) is 0 Å². The Morgan fingerprint density at radius 1 is 1.10 bits per heavy atom. The van der Waals surface area contributed by atoms with E-state index in [1.165, 1.54) is 7.11 Å². The standard InChI is InChI=1S/C24H22N4O2/c1-16-13-19(15-26-27-24(29)21-8-4-5-9-23(21)30-3)17(2)28(16)20-10-11-22-18(14-20)7-6-12-25-22/h4-15H,1-3H3,(H,27,29)/b26-15-. The monoisotopic (exact) mass is 398 g/mol. The van der Waals surface area contributed by atoms with E-state index < -0.39 is 0 Å². The molecule has 4 rings (SSSR count). The number of rotatable bonds is 5. The molecule has 6 heteroatoms. The van der Waals surface area contributed by atoms with Crippen molar-refractivity contribution in [2.24, 2.45) is 5.10 Å². The fourth-order valence-corrected chi connectivity index (χ4v) is 3.57. The molecule has 150 valence electrons. The topological polar surface area (TPSA) is 68.5 Å². The van der Waals surface area contributed by atoms with E-state index in [0.717, 1.165) is 33.5 Å². The molecule has 30 heavy (non-hydrogen) atoms. The van der Waals surface area contributed by atoms with E-state index in [-0.39, 0.29) is 5.91 Å². The molecule has 0 fully saturated rings. The molecule has 0 spiro atoms.